The predicted molar refractivity (Wildman–Crippen MR) is 57.7 cm³/mol. The van der Waals surface area contributed by atoms with E-state index in [0.717, 1.165) is 29.5 Å². The van der Waals surface area contributed by atoms with Crippen LogP contribution in [0, 0.1) is 11.8 Å². The number of hydrogen-bond acceptors (Lipinski definition) is 2. The van der Waals surface area contributed by atoms with Crippen molar-refractivity contribution in [3.63, 3.8) is 0 Å². The maximum absolute atomic E-state index is 3.75. The molecule has 2 aliphatic heterocycles. The molecule has 0 aromatic carbocycles. The Hall–Kier alpha value is 0.137. The van der Waals surface area contributed by atoms with Crippen molar-refractivity contribution in [2.24, 2.45) is 11.8 Å². The zero-order chi connectivity index (χ0) is 9.22. The first-order chi connectivity index (χ1) is 6.09. The van der Waals surface area contributed by atoms with Crippen LogP contribution >= 0.6 is 0 Å². The van der Waals surface area contributed by atoms with E-state index < -0.39 is 8.07 Å². The standard InChI is InChI=1S/C10H20N2Si/c1-13(2,3)10-8-6-4-11-5-7(12-6)9(8)10/h6-12H,4-5H2,1-3H3. The average Bonchev–Trinajstić information content (AvgIpc) is 2.72. The van der Waals surface area contributed by atoms with Gasteiger partial charge in [-0.1, -0.05) is 19.6 Å². The minimum atomic E-state index is -0.853. The van der Waals surface area contributed by atoms with E-state index in [4.69, 9.17) is 0 Å². The summed E-state index contributed by atoms with van der Waals surface area (Å²) in [6.45, 7) is 10.1. The first kappa shape index (κ1) is 8.45. The summed E-state index contributed by atoms with van der Waals surface area (Å²) in [6, 6.07) is 1.64. The van der Waals surface area contributed by atoms with Crippen molar-refractivity contribution in [3.05, 3.63) is 0 Å². The monoisotopic (exact) mass is 196 g/mol. The second-order valence-electron chi connectivity index (χ2n) is 6.08. The maximum Gasteiger partial charge on any atom is 0.0480 e. The van der Waals surface area contributed by atoms with Gasteiger partial charge in [-0.3, -0.25) is 0 Å². The third-order valence-electron chi connectivity index (χ3n) is 4.22. The smallest absolute Gasteiger partial charge is 0.0480 e. The lowest BCUT2D eigenvalue weighted by Crippen LogP contribution is -2.53. The molecule has 3 rings (SSSR count). The van der Waals surface area contributed by atoms with E-state index in [0.29, 0.717) is 0 Å². The van der Waals surface area contributed by atoms with Gasteiger partial charge in [0.1, 0.15) is 0 Å². The highest BCUT2D eigenvalue weighted by atomic mass is 28.3. The minimum absolute atomic E-state index is 0.820. The molecule has 2 nitrogen and oxygen atoms in total. The van der Waals surface area contributed by atoms with Gasteiger partial charge in [-0.2, -0.15) is 0 Å². The fourth-order valence-corrected chi connectivity index (χ4v) is 6.94. The SMILES string of the molecule is C[Si](C)(C)C1C2C3CNCC(N3)C21. The Labute approximate surface area is 81.5 Å². The van der Waals surface area contributed by atoms with Crippen LogP contribution in [-0.2, 0) is 0 Å². The van der Waals surface area contributed by atoms with Crippen molar-refractivity contribution in [1.29, 1.82) is 0 Å². The molecule has 0 amide bonds. The minimum Gasteiger partial charge on any atom is -0.314 e. The average molecular weight is 196 g/mol. The lowest BCUT2D eigenvalue weighted by atomic mass is 10.2. The van der Waals surface area contributed by atoms with E-state index in [2.05, 4.69) is 30.3 Å². The van der Waals surface area contributed by atoms with Gasteiger partial charge in [-0.25, -0.2) is 0 Å². The Bertz CT molecular complexity index is 220. The van der Waals surface area contributed by atoms with Crippen LogP contribution in [-0.4, -0.2) is 33.2 Å². The van der Waals surface area contributed by atoms with E-state index >= 15 is 0 Å². The lowest BCUT2D eigenvalue weighted by molar-refractivity contribution is 0.368. The molecule has 0 radical (unpaired) electrons. The van der Waals surface area contributed by atoms with Crippen LogP contribution in [0.1, 0.15) is 0 Å². The molecule has 1 aliphatic carbocycles. The molecule has 74 valence electrons. The van der Waals surface area contributed by atoms with Crippen molar-refractivity contribution in [2.75, 3.05) is 13.1 Å². The Morgan fingerprint density at radius 3 is 2.00 bits per heavy atom. The number of piperidine rings is 1. The molecule has 2 bridgehead atoms. The summed E-state index contributed by atoms with van der Waals surface area (Å²) in [7, 11) is -0.853. The van der Waals surface area contributed by atoms with Gasteiger partial charge in [0.15, 0.2) is 0 Å². The third kappa shape index (κ3) is 1.07. The summed E-state index contributed by atoms with van der Waals surface area (Å²) in [5.41, 5.74) is 1.13. The van der Waals surface area contributed by atoms with Crippen molar-refractivity contribution in [2.45, 2.75) is 37.3 Å². The molecule has 3 aliphatic rings. The van der Waals surface area contributed by atoms with Gasteiger partial charge in [0.2, 0.25) is 0 Å². The number of rotatable bonds is 1. The van der Waals surface area contributed by atoms with E-state index in [-0.39, 0.29) is 0 Å². The summed E-state index contributed by atoms with van der Waals surface area (Å²) in [6.07, 6.45) is 0. The molecule has 2 saturated heterocycles. The van der Waals surface area contributed by atoms with Crippen LogP contribution in [0.25, 0.3) is 0 Å². The predicted octanol–water partition coefficient (Wildman–Crippen LogP) is 0.884. The van der Waals surface area contributed by atoms with Gasteiger partial charge in [-0.15, -0.1) is 0 Å². The Morgan fingerprint density at radius 2 is 1.54 bits per heavy atom. The molecule has 2 N–H and O–H groups in total. The van der Waals surface area contributed by atoms with Crippen molar-refractivity contribution in [3.8, 4) is 0 Å². The zero-order valence-corrected chi connectivity index (χ0v) is 9.80. The van der Waals surface area contributed by atoms with Crippen LogP contribution in [0.15, 0.2) is 0 Å². The second kappa shape index (κ2) is 2.38. The van der Waals surface area contributed by atoms with Crippen LogP contribution in [0.3, 0.4) is 0 Å². The van der Waals surface area contributed by atoms with Crippen molar-refractivity contribution in [1.82, 2.24) is 10.6 Å². The molecule has 1 saturated carbocycles. The fourth-order valence-electron chi connectivity index (χ4n) is 3.83. The van der Waals surface area contributed by atoms with Crippen LogP contribution in [0.2, 0.25) is 25.2 Å². The van der Waals surface area contributed by atoms with Crippen LogP contribution < -0.4 is 10.6 Å². The highest BCUT2D eigenvalue weighted by molar-refractivity contribution is 6.78. The number of fused-ring (bicyclic) bond motifs is 5. The van der Waals surface area contributed by atoms with Gasteiger partial charge in [0, 0.05) is 33.2 Å². The fraction of sp³-hybridized carbons (Fsp3) is 1.00. The summed E-state index contributed by atoms with van der Waals surface area (Å²) >= 11 is 0. The van der Waals surface area contributed by atoms with E-state index in [1.54, 1.807) is 0 Å². The first-order valence-electron chi connectivity index (χ1n) is 5.56. The van der Waals surface area contributed by atoms with Gasteiger partial charge < -0.3 is 10.6 Å². The van der Waals surface area contributed by atoms with Gasteiger partial charge in [-0.05, 0) is 17.4 Å². The molecule has 0 spiro atoms. The molecule has 4 unspecified atom stereocenters. The molecule has 4 atom stereocenters. The largest absolute Gasteiger partial charge is 0.314 e. The Morgan fingerprint density at radius 1 is 1.00 bits per heavy atom. The zero-order valence-electron chi connectivity index (χ0n) is 8.80. The molecule has 3 fully saturated rings. The number of piperazine rings is 1. The van der Waals surface area contributed by atoms with Gasteiger partial charge in [0.25, 0.3) is 0 Å². The quantitative estimate of drug-likeness (QED) is 0.609. The molecule has 2 heterocycles. The number of hydrogen-bond donors (Lipinski definition) is 2. The van der Waals surface area contributed by atoms with Crippen LogP contribution in [0.4, 0.5) is 0 Å². The molecule has 0 aromatic heterocycles. The summed E-state index contributed by atoms with van der Waals surface area (Å²) < 4.78 is 0. The summed E-state index contributed by atoms with van der Waals surface area (Å²) in [5.74, 6) is 2.10. The molecular weight excluding hydrogens is 176 g/mol. The van der Waals surface area contributed by atoms with Crippen molar-refractivity contribution >= 4 is 8.07 Å². The third-order valence-corrected chi connectivity index (χ3v) is 6.99. The highest BCUT2D eigenvalue weighted by Gasteiger charge is 2.66. The summed E-state index contributed by atoms with van der Waals surface area (Å²) in [5, 5.41) is 7.28. The normalized spacial score (nSPS) is 53.3. The molecule has 0 aromatic rings. The first-order valence-corrected chi connectivity index (χ1v) is 9.13. The van der Waals surface area contributed by atoms with E-state index in [1.165, 1.54) is 13.1 Å². The van der Waals surface area contributed by atoms with E-state index in [1.807, 2.05) is 0 Å². The molecule has 13 heavy (non-hydrogen) atoms. The molecule has 3 heteroatoms. The summed E-state index contributed by atoms with van der Waals surface area (Å²) in [4.78, 5) is 0. The Kier molecular flexibility index (Phi) is 1.55. The van der Waals surface area contributed by atoms with Gasteiger partial charge in [0.05, 0.1) is 0 Å². The topological polar surface area (TPSA) is 24.1 Å². The van der Waals surface area contributed by atoms with Gasteiger partial charge >= 0.3 is 0 Å². The Balaban J connectivity index is 1.81. The highest BCUT2D eigenvalue weighted by Crippen LogP contribution is 2.64. The maximum atomic E-state index is 3.75. The van der Waals surface area contributed by atoms with E-state index in [9.17, 15) is 0 Å². The van der Waals surface area contributed by atoms with Crippen molar-refractivity contribution < 1.29 is 0 Å². The molecular formula is C10H20N2Si. The lowest BCUT2D eigenvalue weighted by Gasteiger charge is -2.31. The second-order valence-corrected chi connectivity index (χ2v) is 11.5. The van der Waals surface area contributed by atoms with Crippen LogP contribution in [0.5, 0.6) is 0 Å². The number of nitrogens with one attached hydrogen (secondary N) is 2.